The van der Waals surface area contributed by atoms with Crippen LogP contribution in [0.4, 0.5) is 0 Å². The molecule has 0 N–H and O–H groups in total. The largest absolute Gasteiger partial charge is 0.464 e. The van der Waals surface area contributed by atoms with Gasteiger partial charge in [0.15, 0.2) is 0 Å². The number of hydrogen-bond donors (Lipinski definition) is 0. The third-order valence-corrected chi connectivity index (χ3v) is 4.85. The molecular weight excluding hydrogens is 338 g/mol. The predicted octanol–water partition coefficient (Wildman–Crippen LogP) is 5.53. The fraction of sp³-hybridized carbons (Fsp3) is 0.652. The minimum atomic E-state index is -0.338. The summed E-state index contributed by atoms with van der Waals surface area (Å²) in [4.78, 5) is 25.7. The first-order valence-corrected chi connectivity index (χ1v) is 10.5. The highest BCUT2D eigenvalue weighted by molar-refractivity contribution is 5.97. The first-order valence-electron chi connectivity index (χ1n) is 10.5. The molecule has 0 aliphatic carbocycles. The third kappa shape index (κ3) is 10.2. The van der Waals surface area contributed by atoms with Crippen molar-refractivity contribution in [2.45, 2.75) is 78.1 Å². The highest BCUT2D eigenvalue weighted by atomic mass is 16.5. The van der Waals surface area contributed by atoms with Crippen LogP contribution < -0.4 is 0 Å². The number of rotatable bonds is 14. The average Bonchev–Trinajstić information content (AvgIpc) is 2.66. The van der Waals surface area contributed by atoms with Crippen molar-refractivity contribution >= 4 is 11.9 Å². The zero-order chi connectivity index (χ0) is 19.9. The van der Waals surface area contributed by atoms with Gasteiger partial charge in [0.2, 0.25) is 0 Å². The molecule has 0 unspecified atom stereocenters. The zero-order valence-corrected chi connectivity index (χ0v) is 17.5. The van der Waals surface area contributed by atoms with E-state index in [1.54, 1.807) is 13.1 Å². The van der Waals surface area contributed by atoms with Gasteiger partial charge in [0, 0.05) is 12.6 Å². The molecule has 1 aromatic rings. The Morgan fingerprint density at radius 1 is 0.889 bits per heavy atom. The summed E-state index contributed by atoms with van der Waals surface area (Å²) in [6.07, 6.45) is 12.5. The molecular formula is C23H37NO3. The second kappa shape index (κ2) is 14.2. The molecule has 27 heavy (non-hydrogen) atoms. The number of benzene rings is 1. The van der Waals surface area contributed by atoms with Crippen LogP contribution in [0.3, 0.4) is 0 Å². The third-order valence-electron chi connectivity index (χ3n) is 4.85. The second-order valence-electron chi connectivity index (χ2n) is 7.38. The summed E-state index contributed by atoms with van der Waals surface area (Å²) in [6, 6.07) is 7.40. The molecule has 0 saturated heterocycles. The van der Waals surface area contributed by atoms with E-state index >= 15 is 0 Å². The summed E-state index contributed by atoms with van der Waals surface area (Å²) < 4.78 is 5.27. The molecule has 0 bridgehead atoms. The monoisotopic (exact) mass is 375 g/mol. The number of aryl methyl sites for hydroxylation is 1. The van der Waals surface area contributed by atoms with Crippen molar-refractivity contribution in [1.82, 2.24) is 4.90 Å². The van der Waals surface area contributed by atoms with Gasteiger partial charge in [-0.3, -0.25) is 9.59 Å². The standard InChI is InChI=1S/C23H37NO3/c1-4-5-6-7-8-9-10-11-12-15-18-27-22(25)19-24(3)23(26)21-17-14-13-16-20(21)2/h13-14,16-17H,4-12,15,18-19H2,1-3H3. The smallest absolute Gasteiger partial charge is 0.325 e. The van der Waals surface area contributed by atoms with Crippen molar-refractivity contribution in [2.24, 2.45) is 0 Å². The Morgan fingerprint density at radius 3 is 2.04 bits per heavy atom. The van der Waals surface area contributed by atoms with E-state index < -0.39 is 0 Å². The molecule has 0 aliphatic heterocycles. The summed E-state index contributed by atoms with van der Waals surface area (Å²) in [5, 5.41) is 0. The lowest BCUT2D eigenvalue weighted by molar-refractivity contribution is -0.144. The van der Waals surface area contributed by atoms with Crippen molar-refractivity contribution in [3.63, 3.8) is 0 Å². The number of nitrogens with zero attached hydrogens (tertiary/aromatic N) is 1. The van der Waals surface area contributed by atoms with Gasteiger partial charge in [-0.05, 0) is 25.0 Å². The van der Waals surface area contributed by atoms with Crippen LogP contribution in [0.2, 0.25) is 0 Å². The Kier molecular flexibility index (Phi) is 12.2. The lowest BCUT2D eigenvalue weighted by Gasteiger charge is -2.17. The molecule has 0 fully saturated rings. The van der Waals surface area contributed by atoms with E-state index in [1.165, 1.54) is 56.3 Å². The van der Waals surface area contributed by atoms with Crippen LogP contribution in [0, 0.1) is 6.92 Å². The molecule has 0 atom stereocenters. The molecule has 0 aromatic heterocycles. The van der Waals surface area contributed by atoms with Crippen LogP contribution in [0.5, 0.6) is 0 Å². The highest BCUT2D eigenvalue weighted by Gasteiger charge is 2.16. The number of likely N-dealkylation sites (N-methyl/N-ethyl adjacent to an activating group) is 1. The fourth-order valence-electron chi connectivity index (χ4n) is 3.11. The topological polar surface area (TPSA) is 46.6 Å². The van der Waals surface area contributed by atoms with Crippen LogP contribution in [0.15, 0.2) is 24.3 Å². The summed E-state index contributed by atoms with van der Waals surface area (Å²) in [7, 11) is 1.64. The SMILES string of the molecule is CCCCCCCCCCCCOC(=O)CN(C)C(=O)c1ccccc1C. The average molecular weight is 376 g/mol. The number of esters is 1. The molecule has 1 rings (SSSR count). The van der Waals surface area contributed by atoms with Gasteiger partial charge in [-0.2, -0.15) is 0 Å². The second-order valence-corrected chi connectivity index (χ2v) is 7.38. The van der Waals surface area contributed by atoms with E-state index in [2.05, 4.69) is 6.92 Å². The normalized spacial score (nSPS) is 10.6. The van der Waals surface area contributed by atoms with E-state index in [0.717, 1.165) is 18.4 Å². The van der Waals surface area contributed by atoms with Gasteiger partial charge in [0.25, 0.3) is 5.91 Å². The highest BCUT2D eigenvalue weighted by Crippen LogP contribution is 2.11. The van der Waals surface area contributed by atoms with Gasteiger partial charge in [-0.1, -0.05) is 82.9 Å². The van der Waals surface area contributed by atoms with Gasteiger partial charge < -0.3 is 9.64 Å². The lowest BCUT2D eigenvalue weighted by atomic mass is 10.1. The number of carbonyl (C=O) groups is 2. The molecule has 0 radical (unpaired) electrons. The van der Waals surface area contributed by atoms with E-state index in [-0.39, 0.29) is 18.4 Å². The summed E-state index contributed by atoms with van der Waals surface area (Å²) in [5.41, 5.74) is 1.54. The lowest BCUT2D eigenvalue weighted by Crippen LogP contribution is -2.33. The maximum Gasteiger partial charge on any atom is 0.325 e. The van der Waals surface area contributed by atoms with Crippen LogP contribution >= 0.6 is 0 Å². The van der Waals surface area contributed by atoms with E-state index in [0.29, 0.717) is 12.2 Å². The quantitative estimate of drug-likeness (QED) is 0.317. The molecule has 4 heteroatoms. The molecule has 0 aliphatic rings. The Bertz CT molecular complexity index is 556. The van der Waals surface area contributed by atoms with Crippen molar-refractivity contribution in [3.8, 4) is 0 Å². The van der Waals surface area contributed by atoms with Crippen LogP contribution in [-0.2, 0) is 9.53 Å². The molecule has 0 saturated carbocycles. The molecule has 152 valence electrons. The number of ether oxygens (including phenoxy) is 1. The predicted molar refractivity (Wildman–Crippen MR) is 111 cm³/mol. The fourth-order valence-corrected chi connectivity index (χ4v) is 3.11. The minimum absolute atomic E-state index is 0.00900. The Morgan fingerprint density at radius 2 is 1.44 bits per heavy atom. The number of unbranched alkanes of at least 4 members (excludes halogenated alkanes) is 9. The van der Waals surface area contributed by atoms with Gasteiger partial charge in [0.1, 0.15) is 6.54 Å². The van der Waals surface area contributed by atoms with Gasteiger partial charge in [-0.15, -0.1) is 0 Å². The molecule has 0 spiro atoms. The van der Waals surface area contributed by atoms with E-state index in [9.17, 15) is 9.59 Å². The van der Waals surface area contributed by atoms with Gasteiger partial charge >= 0.3 is 5.97 Å². The van der Waals surface area contributed by atoms with E-state index in [4.69, 9.17) is 4.74 Å². The Balaban J connectivity index is 2.07. The van der Waals surface area contributed by atoms with Crippen molar-refractivity contribution in [3.05, 3.63) is 35.4 Å². The van der Waals surface area contributed by atoms with Gasteiger partial charge in [0.05, 0.1) is 6.61 Å². The number of carbonyl (C=O) groups excluding carboxylic acids is 2. The van der Waals surface area contributed by atoms with Crippen molar-refractivity contribution < 1.29 is 14.3 Å². The van der Waals surface area contributed by atoms with Crippen LogP contribution in [0.25, 0.3) is 0 Å². The summed E-state index contributed by atoms with van der Waals surface area (Å²) >= 11 is 0. The number of hydrogen-bond acceptors (Lipinski definition) is 3. The Hall–Kier alpha value is -1.84. The van der Waals surface area contributed by atoms with E-state index in [1.807, 2.05) is 25.1 Å². The summed E-state index contributed by atoms with van der Waals surface area (Å²) in [5.74, 6) is -0.487. The Labute approximate surface area is 165 Å². The molecule has 1 aromatic carbocycles. The molecule has 0 heterocycles. The first kappa shape index (κ1) is 23.2. The molecule has 1 amide bonds. The summed E-state index contributed by atoms with van der Waals surface area (Å²) in [6.45, 7) is 4.57. The van der Waals surface area contributed by atoms with Crippen molar-refractivity contribution in [1.29, 1.82) is 0 Å². The van der Waals surface area contributed by atoms with Gasteiger partial charge in [-0.25, -0.2) is 0 Å². The maximum atomic E-state index is 12.4. The maximum absolute atomic E-state index is 12.4. The zero-order valence-electron chi connectivity index (χ0n) is 17.5. The van der Waals surface area contributed by atoms with Crippen LogP contribution in [0.1, 0.15) is 87.1 Å². The molecule has 4 nitrogen and oxygen atoms in total. The minimum Gasteiger partial charge on any atom is -0.464 e. The first-order chi connectivity index (χ1) is 13.1. The van der Waals surface area contributed by atoms with Crippen molar-refractivity contribution in [2.75, 3.05) is 20.2 Å². The number of amides is 1. The van der Waals surface area contributed by atoms with Crippen LogP contribution in [-0.4, -0.2) is 37.0 Å².